The first-order chi connectivity index (χ1) is 14.5. The lowest BCUT2D eigenvalue weighted by atomic mass is 9.86. The van der Waals surface area contributed by atoms with Crippen LogP contribution in [0.4, 0.5) is 0 Å². The predicted molar refractivity (Wildman–Crippen MR) is 133 cm³/mol. The van der Waals surface area contributed by atoms with Crippen LogP contribution < -0.4 is 0 Å². The molecule has 0 bridgehead atoms. The van der Waals surface area contributed by atoms with Gasteiger partial charge in [-0.3, -0.25) is 0 Å². The molecule has 0 heterocycles. The first kappa shape index (κ1) is 23.1. The van der Waals surface area contributed by atoms with E-state index < -0.39 is 0 Å². The Morgan fingerprint density at radius 1 is 0.839 bits per heavy atom. The van der Waals surface area contributed by atoms with Crippen LogP contribution in [0, 0.1) is 10.8 Å². The van der Waals surface area contributed by atoms with Crippen molar-refractivity contribution in [2.24, 2.45) is 10.8 Å². The van der Waals surface area contributed by atoms with Crippen LogP contribution in [0.25, 0.3) is 21.5 Å². The molecular weight excluding hydrogens is 380 g/mol. The van der Waals surface area contributed by atoms with Crippen LogP contribution >= 0.6 is 0 Å². The van der Waals surface area contributed by atoms with E-state index in [4.69, 9.17) is 4.74 Å². The first-order valence-corrected chi connectivity index (χ1v) is 11.3. The van der Waals surface area contributed by atoms with Crippen molar-refractivity contribution in [2.75, 3.05) is 6.61 Å². The van der Waals surface area contributed by atoms with Crippen molar-refractivity contribution in [1.29, 1.82) is 0 Å². The molecule has 3 aromatic carbocycles. The molecule has 0 saturated heterocycles. The van der Waals surface area contributed by atoms with E-state index in [0.717, 1.165) is 40.8 Å². The maximum atomic E-state index is 13.3. The summed E-state index contributed by atoms with van der Waals surface area (Å²) in [5.41, 5.74) is 2.31. The van der Waals surface area contributed by atoms with E-state index in [9.17, 15) is 4.79 Å². The topological polar surface area (TPSA) is 26.3 Å². The van der Waals surface area contributed by atoms with Gasteiger partial charge in [0.1, 0.15) is 6.61 Å². The lowest BCUT2D eigenvalue weighted by molar-refractivity contribution is 0.0537. The Morgan fingerprint density at radius 3 is 1.90 bits per heavy atom. The molecule has 0 spiro atoms. The molecule has 2 heteroatoms. The van der Waals surface area contributed by atoms with Gasteiger partial charge >= 0.3 is 5.97 Å². The standard InChI is InChI=1S/C29H36O2/c1-28(2,3)17-11-12-21(19-29(4,5)6)20-31-27(30)26-24-15-9-7-13-22(24)18-23-14-8-10-16-25(23)26/h7-10,12-16,18H,11,17,19-20H2,1-6H3. The van der Waals surface area contributed by atoms with Crippen molar-refractivity contribution in [2.45, 2.75) is 60.8 Å². The summed E-state index contributed by atoms with van der Waals surface area (Å²) in [5, 5.41) is 4.01. The quantitative estimate of drug-likeness (QED) is 0.229. The maximum Gasteiger partial charge on any atom is 0.339 e. The lowest BCUT2D eigenvalue weighted by Crippen LogP contribution is -2.14. The highest BCUT2D eigenvalue weighted by molar-refractivity contribution is 6.16. The number of benzene rings is 3. The van der Waals surface area contributed by atoms with Crippen LogP contribution in [0.2, 0.25) is 0 Å². The van der Waals surface area contributed by atoms with Crippen molar-refractivity contribution in [3.8, 4) is 0 Å². The number of rotatable bonds is 6. The normalized spacial score (nSPS) is 13.0. The monoisotopic (exact) mass is 416 g/mol. The fourth-order valence-electron chi connectivity index (χ4n) is 4.04. The zero-order chi connectivity index (χ0) is 22.6. The number of ether oxygens (including phenoxy) is 1. The molecule has 31 heavy (non-hydrogen) atoms. The molecule has 0 aliphatic rings. The highest BCUT2D eigenvalue weighted by atomic mass is 16.5. The Labute approximate surface area is 187 Å². The number of esters is 1. The van der Waals surface area contributed by atoms with E-state index in [1.54, 1.807) is 0 Å². The molecule has 0 saturated carbocycles. The van der Waals surface area contributed by atoms with Gasteiger partial charge in [0.2, 0.25) is 0 Å². The van der Waals surface area contributed by atoms with E-state index in [1.807, 2.05) is 36.4 Å². The van der Waals surface area contributed by atoms with Gasteiger partial charge < -0.3 is 4.74 Å². The molecule has 0 radical (unpaired) electrons. The van der Waals surface area contributed by atoms with Gasteiger partial charge in [0, 0.05) is 0 Å². The number of carbonyl (C=O) groups is 1. The number of carbonyl (C=O) groups excluding carboxylic acids is 1. The smallest absolute Gasteiger partial charge is 0.339 e. The first-order valence-electron chi connectivity index (χ1n) is 11.3. The van der Waals surface area contributed by atoms with Crippen LogP contribution in [0.1, 0.15) is 71.2 Å². The van der Waals surface area contributed by atoms with Crippen LogP contribution in [0.5, 0.6) is 0 Å². The highest BCUT2D eigenvalue weighted by Crippen LogP contribution is 2.30. The van der Waals surface area contributed by atoms with Gasteiger partial charge in [0.25, 0.3) is 0 Å². The summed E-state index contributed by atoms with van der Waals surface area (Å²) in [6, 6.07) is 18.2. The maximum absolute atomic E-state index is 13.3. The molecule has 3 rings (SSSR count). The Hall–Kier alpha value is -2.61. The minimum Gasteiger partial charge on any atom is -0.458 e. The molecule has 0 atom stereocenters. The minimum absolute atomic E-state index is 0.145. The zero-order valence-corrected chi connectivity index (χ0v) is 19.9. The van der Waals surface area contributed by atoms with Crippen LogP contribution in [-0.2, 0) is 4.74 Å². The SMILES string of the molecule is CC(C)(C)CCC=C(COC(=O)c1c2ccccc2cc2ccccc12)CC(C)(C)C. The van der Waals surface area contributed by atoms with Crippen molar-refractivity contribution in [3.63, 3.8) is 0 Å². The van der Waals surface area contributed by atoms with Crippen molar-refractivity contribution < 1.29 is 9.53 Å². The molecule has 0 amide bonds. The van der Waals surface area contributed by atoms with Crippen molar-refractivity contribution in [3.05, 3.63) is 71.8 Å². The Balaban J connectivity index is 1.88. The average molecular weight is 417 g/mol. The molecule has 164 valence electrons. The van der Waals surface area contributed by atoms with Gasteiger partial charge in [-0.15, -0.1) is 0 Å². The van der Waals surface area contributed by atoms with Gasteiger partial charge in [-0.25, -0.2) is 4.79 Å². The van der Waals surface area contributed by atoms with Crippen LogP contribution in [0.15, 0.2) is 66.2 Å². The van der Waals surface area contributed by atoms with Crippen LogP contribution in [0.3, 0.4) is 0 Å². The zero-order valence-electron chi connectivity index (χ0n) is 19.9. The number of hydrogen-bond acceptors (Lipinski definition) is 2. The van der Waals surface area contributed by atoms with E-state index in [-0.39, 0.29) is 11.4 Å². The summed E-state index contributed by atoms with van der Waals surface area (Å²) in [6.45, 7) is 13.8. The third-order valence-electron chi connectivity index (χ3n) is 5.45. The summed E-state index contributed by atoms with van der Waals surface area (Å²) in [4.78, 5) is 13.3. The highest BCUT2D eigenvalue weighted by Gasteiger charge is 2.19. The van der Waals surface area contributed by atoms with Crippen molar-refractivity contribution in [1.82, 2.24) is 0 Å². The van der Waals surface area contributed by atoms with Gasteiger partial charge in [0.15, 0.2) is 0 Å². The van der Waals surface area contributed by atoms with E-state index >= 15 is 0 Å². The summed E-state index contributed by atoms with van der Waals surface area (Å²) in [7, 11) is 0. The molecular formula is C29H36O2. The third-order valence-corrected chi connectivity index (χ3v) is 5.45. The molecule has 0 N–H and O–H groups in total. The van der Waals surface area contributed by atoms with Crippen molar-refractivity contribution >= 4 is 27.5 Å². The molecule has 2 nitrogen and oxygen atoms in total. The van der Waals surface area contributed by atoms with Gasteiger partial charge in [-0.05, 0) is 63.3 Å². The summed E-state index contributed by atoms with van der Waals surface area (Å²) in [5.74, 6) is -0.247. The number of hydrogen-bond donors (Lipinski definition) is 0. The number of fused-ring (bicyclic) bond motifs is 2. The van der Waals surface area contributed by atoms with Gasteiger partial charge in [-0.1, -0.05) is 96.1 Å². The number of allylic oxidation sites excluding steroid dienone is 1. The minimum atomic E-state index is -0.247. The molecule has 0 fully saturated rings. The molecule has 0 aliphatic carbocycles. The Morgan fingerprint density at radius 2 is 1.39 bits per heavy atom. The summed E-state index contributed by atoms with van der Waals surface area (Å²) < 4.78 is 5.93. The molecule has 3 aromatic rings. The van der Waals surface area contributed by atoms with Gasteiger partial charge in [-0.2, -0.15) is 0 Å². The second-order valence-corrected chi connectivity index (χ2v) is 11.0. The Bertz CT molecular complexity index is 1040. The Kier molecular flexibility index (Phi) is 6.89. The second-order valence-electron chi connectivity index (χ2n) is 11.0. The van der Waals surface area contributed by atoms with E-state index in [1.165, 1.54) is 5.57 Å². The van der Waals surface area contributed by atoms with E-state index in [0.29, 0.717) is 17.6 Å². The second kappa shape index (κ2) is 9.26. The fourth-order valence-corrected chi connectivity index (χ4v) is 4.04. The van der Waals surface area contributed by atoms with E-state index in [2.05, 4.69) is 65.8 Å². The molecule has 0 aromatic heterocycles. The third kappa shape index (κ3) is 6.43. The largest absolute Gasteiger partial charge is 0.458 e. The lowest BCUT2D eigenvalue weighted by Gasteiger charge is -2.22. The molecule has 0 unspecified atom stereocenters. The molecule has 0 aliphatic heterocycles. The van der Waals surface area contributed by atoms with Gasteiger partial charge in [0.05, 0.1) is 5.56 Å². The fraction of sp³-hybridized carbons (Fsp3) is 0.414. The average Bonchev–Trinajstić information content (AvgIpc) is 2.67. The van der Waals surface area contributed by atoms with Crippen LogP contribution in [-0.4, -0.2) is 12.6 Å². The summed E-state index contributed by atoms with van der Waals surface area (Å²) >= 11 is 0. The summed E-state index contributed by atoms with van der Waals surface area (Å²) in [6.07, 6.45) is 5.32. The predicted octanol–water partition coefficient (Wildman–Crippen LogP) is 8.34.